The lowest BCUT2D eigenvalue weighted by molar-refractivity contribution is -0.117. The molecule has 0 aliphatic heterocycles. The molecule has 3 rings (SSSR count). The van der Waals surface area contributed by atoms with Gasteiger partial charge in [-0.2, -0.15) is 0 Å². The minimum Gasteiger partial charge on any atom is -0.299 e. The van der Waals surface area contributed by atoms with Crippen LogP contribution < -0.4 is 0 Å². The third kappa shape index (κ3) is 3.70. The maximum absolute atomic E-state index is 12.1. The molecule has 0 amide bonds. The monoisotopic (exact) mass is 286 g/mol. The smallest absolute Gasteiger partial charge is 0.141 e. The first kappa shape index (κ1) is 14.3. The molecule has 1 nitrogen and oxygen atoms in total. The highest BCUT2D eigenvalue weighted by Crippen LogP contribution is 2.16. The second kappa shape index (κ2) is 6.86. The molecule has 0 aliphatic carbocycles. The molecule has 0 atom stereocenters. The van der Waals surface area contributed by atoms with Gasteiger partial charge in [0.1, 0.15) is 5.78 Å². The molecular weight excluding hydrogens is 268 g/mol. The molecule has 3 aromatic rings. The number of hydrogen-bond acceptors (Lipinski definition) is 1. The summed E-state index contributed by atoms with van der Waals surface area (Å²) in [4.78, 5) is 12.1. The van der Waals surface area contributed by atoms with E-state index < -0.39 is 0 Å². The number of benzene rings is 3. The quantitative estimate of drug-likeness (QED) is 0.641. The maximum atomic E-state index is 12.1. The van der Waals surface area contributed by atoms with Crippen LogP contribution in [-0.4, -0.2) is 5.78 Å². The summed E-state index contributed by atoms with van der Waals surface area (Å²) in [5.41, 5.74) is 2.21. The van der Waals surface area contributed by atoms with E-state index in [9.17, 15) is 4.79 Å². The molecule has 0 saturated heterocycles. The van der Waals surface area contributed by atoms with Crippen molar-refractivity contribution in [3.05, 3.63) is 90.0 Å². The number of fused-ring (bicyclic) bond motifs is 1. The number of hydrogen-bond donors (Lipinski definition) is 0. The molecule has 0 unspecified atom stereocenters. The molecule has 3 aromatic carbocycles. The van der Waals surface area contributed by atoms with Crippen molar-refractivity contribution in [2.24, 2.45) is 0 Å². The Bertz CT molecular complexity index is 800. The minimum atomic E-state index is 0.238. The Morgan fingerprint density at radius 2 is 1.55 bits per heavy atom. The number of carbonyl (C=O) groups is 1. The summed E-state index contributed by atoms with van der Waals surface area (Å²) in [6, 6.07) is 24.5. The van der Waals surface area contributed by atoms with Gasteiger partial charge in [-0.15, -0.1) is 0 Å². The van der Waals surface area contributed by atoms with Crippen molar-refractivity contribution in [1.82, 2.24) is 0 Å². The molecule has 0 bridgehead atoms. The van der Waals surface area contributed by atoms with Crippen LogP contribution in [0.2, 0.25) is 0 Å². The first-order valence-electron chi connectivity index (χ1n) is 7.52. The van der Waals surface area contributed by atoms with Gasteiger partial charge in [-0.05, 0) is 21.9 Å². The van der Waals surface area contributed by atoms with Crippen LogP contribution in [0.5, 0.6) is 0 Å². The Labute approximate surface area is 130 Å². The lowest BCUT2D eigenvalue weighted by Crippen LogP contribution is -2.00. The van der Waals surface area contributed by atoms with Gasteiger partial charge in [-0.1, -0.05) is 84.9 Å². The molecule has 0 N–H and O–H groups in total. The first-order chi connectivity index (χ1) is 10.8. The molecule has 0 radical (unpaired) electrons. The second-order valence-corrected chi connectivity index (χ2v) is 5.41. The van der Waals surface area contributed by atoms with Crippen LogP contribution >= 0.6 is 0 Å². The van der Waals surface area contributed by atoms with Crippen LogP contribution in [0.25, 0.3) is 16.8 Å². The maximum Gasteiger partial charge on any atom is 0.141 e. The molecule has 22 heavy (non-hydrogen) atoms. The van der Waals surface area contributed by atoms with E-state index in [2.05, 4.69) is 24.3 Å². The highest BCUT2D eigenvalue weighted by Gasteiger charge is 2.03. The van der Waals surface area contributed by atoms with Gasteiger partial charge >= 0.3 is 0 Å². The van der Waals surface area contributed by atoms with Crippen LogP contribution in [0.15, 0.2) is 78.9 Å². The van der Waals surface area contributed by atoms with Crippen molar-refractivity contribution in [2.75, 3.05) is 0 Å². The standard InChI is InChI=1S/C21H18O/c22-21(12-6-9-17-7-2-1-3-8-17)16-18-13-14-19-10-4-5-11-20(19)15-18/h1-11,13-15H,12,16H2/b9-6+. The topological polar surface area (TPSA) is 17.1 Å². The lowest BCUT2D eigenvalue weighted by atomic mass is 10.0. The Morgan fingerprint density at radius 1 is 0.818 bits per heavy atom. The van der Waals surface area contributed by atoms with E-state index in [0.29, 0.717) is 12.8 Å². The number of rotatable bonds is 5. The summed E-state index contributed by atoms with van der Waals surface area (Å²) in [5.74, 6) is 0.238. The Balaban J connectivity index is 1.62. The highest BCUT2D eigenvalue weighted by atomic mass is 16.1. The second-order valence-electron chi connectivity index (χ2n) is 5.41. The molecule has 0 heterocycles. The number of allylic oxidation sites excluding steroid dienone is 1. The molecule has 0 aromatic heterocycles. The van der Waals surface area contributed by atoms with Crippen molar-refractivity contribution in [3.63, 3.8) is 0 Å². The third-order valence-electron chi connectivity index (χ3n) is 3.67. The fourth-order valence-electron chi connectivity index (χ4n) is 2.54. The summed E-state index contributed by atoms with van der Waals surface area (Å²) in [7, 11) is 0. The van der Waals surface area contributed by atoms with E-state index in [-0.39, 0.29) is 5.78 Å². The van der Waals surface area contributed by atoms with Crippen molar-refractivity contribution in [3.8, 4) is 0 Å². The summed E-state index contributed by atoms with van der Waals surface area (Å²) in [5, 5.41) is 2.40. The summed E-state index contributed by atoms with van der Waals surface area (Å²) in [6.45, 7) is 0. The number of ketones is 1. The van der Waals surface area contributed by atoms with Crippen LogP contribution in [0.3, 0.4) is 0 Å². The SMILES string of the molecule is O=C(C/C=C/c1ccccc1)Cc1ccc2ccccc2c1. The Hall–Kier alpha value is -2.67. The van der Waals surface area contributed by atoms with E-state index in [1.165, 1.54) is 10.8 Å². The Kier molecular flexibility index (Phi) is 4.45. The molecule has 108 valence electrons. The van der Waals surface area contributed by atoms with Gasteiger partial charge in [0.2, 0.25) is 0 Å². The van der Waals surface area contributed by atoms with Gasteiger partial charge in [0.25, 0.3) is 0 Å². The highest BCUT2D eigenvalue weighted by molar-refractivity contribution is 5.86. The van der Waals surface area contributed by atoms with Gasteiger partial charge in [0.05, 0.1) is 0 Å². The van der Waals surface area contributed by atoms with Crippen LogP contribution in [0, 0.1) is 0 Å². The first-order valence-corrected chi connectivity index (χ1v) is 7.52. The van der Waals surface area contributed by atoms with Crippen LogP contribution in [0.4, 0.5) is 0 Å². The van der Waals surface area contributed by atoms with Crippen LogP contribution in [0.1, 0.15) is 17.5 Å². The summed E-state index contributed by atoms with van der Waals surface area (Å²) < 4.78 is 0. The fraction of sp³-hybridized carbons (Fsp3) is 0.0952. The van der Waals surface area contributed by atoms with E-state index in [1.54, 1.807) is 0 Å². The average Bonchev–Trinajstić information content (AvgIpc) is 2.56. The molecular formula is C21H18O. The normalized spacial score (nSPS) is 11.1. The Morgan fingerprint density at radius 3 is 2.36 bits per heavy atom. The van der Waals surface area contributed by atoms with Gasteiger partial charge in [0, 0.05) is 12.8 Å². The zero-order valence-corrected chi connectivity index (χ0v) is 12.4. The largest absolute Gasteiger partial charge is 0.299 e. The molecule has 0 aliphatic rings. The van der Waals surface area contributed by atoms with Crippen molar-refractivity contribution in [2.45, 2.75) is 12.8 Å². The lowest BCUT2D eigenvalue weighted by Gasteiger charge is -2.02. The minimum absolute atomic E-state index is 0.238. The van der Waals surface area contributed by atoms with Crippen molar-refractivity contribution >= 4 is 22.6 Å². The van der Waals surface area contributed by atoms with Crippen LogP contribution in [-0.2, 0) is 11.2 Å². The average molecular weight is 286 g/mol. The zero-order chi connectivity index (χ0) is 15.2. The van der Waals surface area contributed by atoms with Gasteiger partial charge in [-0.3, -0.25) is 4.79 Å². The molecule has 0 fully saturated rings. The van der Waals surface area contributed by atoms with Gasteiger partial charge < -0.3 is 0 Å². The summed E-state index contributed by atoms with van der Waals surface area (Å²) in [6.07, 6.45) is 4.91. The summed E-state index contributed by atoms with van der Waals surface area (Å²) >= 11 is 0. The number of carbonyl (C=O) groups excluding carboxylic acids is 1. The van der Waals surface area contributed by atoms with E-state index >= 15 is 0 Å². The number of Topliss-reactive ketones (excluding diaryl/α,β-unsaturated/α-hetero) is 1. The van der Waals surface area contributed by atoms with Crippen molar-refractivity contribution < 1.29 is 4.79 Å². The van der Waals surface area contributed by atoms with E-state index in [0.717, 1.165) is 11.1 Å². The van der Waals surface area contributed by atoms with E-state index in [4.69, 9.17) is 0 Å². The van der Waals surface area contributed by atoms with Gasteiger partial charge in [0.15, 0.2) is 0 Å². The molecule has 0 saturated carbocycles. The third-order valence-corrected chi connectivity index (χ3v) is 3.67. The zero-order valence-electron chi connectivity index (χ0n) is 12.4. The molecule has 0 spiro atoms. The van der Waals surface area contributed by atoms with Gasteiger partial charge in [-0.25, -0.2) is 0 Å². The predicted molar refractivity (Wildman–Crippen MR) is 92.8 cm³/mol. The van der Waals surface area contributed by atoms with Crippen molar-refractivity contribution in [1.29, 1.82) is 0 Å². The predicted octanol–water partition coefficient (Wildman–Crippen LogP) is 5.05. The fourth-order valence-corrected chi connectivity index (χ4v) is 2.54. The van der Waals surface area contributed by atoms with E-state index in [1.807, 2.05) is 60.7 Å². The molecule has 1 heteroatoms.